The van der Waals surface area contributed by atoms with Crippen LogP contribution in [0, 0.1) is 0 Å². The Morgan fingerprint density at radius 1 is 1.24 bits per heavy atom. The number of aromatic nitrogens is 2. The first kappa shape index (κ1) is 11.7. The van der Waals surface area contributed by atoms with Crippen molar-refractivity contribution in [2.45, 2.75) is 6.61 Å². The molecular weight excluding hydrogens is 250 g/mol. The maximum atomic E-state index is 12.2. The van der Waals surface area contributed by atoms with Crippen molar-refractivity contribution in [1.82, 2.24) is 9.97 Å². The molecule has 2 aromatic heterocycles. The molecule has 0 atom stereocenters. The van der Waals surface area contributed by atoms with Crippen LogP contribution in [0.15, 0.2) is 36.8 Å². The molecule has 88 valence electrons. The summed E-state index contributed by atoms with van der Waals surface area (Å²) in [7, 11) is 0. The van der Waals surface area contributed by atoms with Crippen LogP contribution in [0.4, 0.5) is 8.78 Å². The molecule has 0 aliphatic rings. The van der Waals surface area contributed by atoms with Crippen LogP contribution in [-0.4, -0.2) is 16.6 Å². The SMILES string of the molecule is FC(F)Oc1ncc(Cl)cc1-c1ccncc1. The quantitative estimate of drug-likeness (QED) is 0.844. The van der Waals surface area contributed by atoms with Gasteiger partial charge in [0.2, 0.25) is 5.88 Å². The molecule has 0 bridgehead atoms. The minimum atomic E-state index is -2.93. The second kappa shape index (κ2) is 5.05. The van der Waals surface area contributed by atoms with E-state index in [1.165, 1.54) is 12.3 Å². The van der Waals surface area contributed by atoms with Crippen molar-refractivity contribution in [2.75, 3.05) is 0 Å². The van der Waals surface area contributed by atoms with Crippen LogP contribution in [0.5, 0.6) is 5.88 Å². The van der Waals surface area contributed by atoms with Gasteiger partial charge in [0.05, 0.1) is 5.02 Å². The third kappa shape index (κ3) is 2.88. The normalized spacial score (nSPS) is 10.6. The van der Waals surface area contributed by atoms with E-state index in [2.05, 4.69) is 14.7 Å². The largest absolute Gasteiger partial charge is 0.416 e. The molecule has 0 saturated heterocycles. The number of rotatable bonds is 3. The number of pyridine rings is 2. The maximum Gasteiger partial charge on any atom is 0.388 e. The van der Waals surface area contributed by atoms with Crippen molar-refractivity contribution < 1.29 is 13.5 Å². The summed E-state index contributed by atoms with van der Waals surface area (Å²) in [6.45, 7) is -2.93. The lowest BCUT2D eigenvalue weighted by atomic mass is 10.1. The van der Waals surface area contributed by atoms with Gasteiger partial charge >= 0.3 is 6.61 Å². The lowest BCUT2D eigenvalue weighted by molar-refractivity contribution is -0.0524. The molecule has 0 aliphatic carbocycles. The lowest BCUT2D eigenvalue weighted by Gasteiger charge is -2.09. The lowest BCUT2D eigenvalue weighted by Crippen LogP contribution is -2.04. The standard InChI is InChI=1S/C11H7ClF2N2O/c12-8-5-9(7-1-3-15-4-2-7)10(16-6-8)17-11(13)14/h1-6,11H. The highest BCUT2D eigenvalue weighted by Crippen LogP contribution is 2.30. The van der Waals surface area contributed by atoms with Gasteiger partial charge in [-0.25, -0.2) is 4.98 Å². The summed E-state index contributed by atoms with van der Waals surface area (Å²) in [5.41, 5.74) is 1.06. The highest BCUT2D eigenvalue weighted by Gasteiger charge is 2.13. The fourth-order valence-corrected chi connectivity index (χ4v) is 1.50. The first-order valence-corrected chi connectivity index (χ1v) is 5.05. The number of ether oxygens (including phenoxy) is 1. The third-order valence-electron chi connectivity index (χ3n) is 2.01. The van der Waals surface area contributed by atoms with Crippen molar-refractivity contribution in [1.29, 1.82) is 0 Å². The highest BCUT2D eigenvalue weighted by atomic mass is 35.5. The van der Waals surface area contributed by atoms with Gasteiger partial charge in [0, 0.05) is 24.2 Å². The van der Waals surface area contributed by atoms with E-state index in [4.69, 9.17) is 11.6 Å². The van der Waals surface area contributed by atoms with E-state index in [0.29, 0.717) is 16.1 Å². The average molecular weight is 257 g/mol. The van der Waals surface area contributed by atoms with E-state index < -0.39 is 6.61 Å². The molecule has 17 heavy (non-hydrogen) atoms. The summed E-state index contributed by atoms with van der Waals surface area (Å²) in [5, 5.41) is 0.346. The molecule has 0 spiro atoms. The molecule has 0 aliphatic heterocycles. The maximum absolute atomic E-state index is 12.2. The second-order valence-electron chi connectivity index (χ2n) is 3.12. The summed E-state index contributed by atoms with van der Waals surface area (Å²) < 4.78 is 28.7. The van der Waals surface area contributed by atoms with Crippen LogP contribution in [0.25, 0.3) is 11.1 Å². The number of hydrogen-bond acceptors (Lipinski definition) is 3. The van der Waals surface area contributed by atoms with E-state index in [0.717, 1.165) is 0 Å². The van der Waals surface area contributed by atoms with Gasteiger partial charge in [0.15, 0.2) is 0 Å². The number of nitrogens with zero attached hydrogens (tertiary/aromatic N) is 2. The van der Waals surface area contributed by atoms with Crippen molar-refractivity contribution in [3.05, 3.63) is 41.8 Å². The zero-order valence-corrected chi connectivity index (χ0v) is 9.23. The van der Waals surface area contributed by atoms with Crippen LogP contribution in [-0.2, 0) is 0 Å². The summed E-state index contributed by atoms with van der Waals surface area (Å²) in [6.07, 6.45) is 4.34. The molecule has 0 radical (unpaired) electrons. The molecular formula is C11H7ClF2N2O. The Kier molecular flexibility index (Phi) is 3.49. The Balaban J connectivity index is 2.47. The zero-order valence-electron chi connectivity index (χ0n) is 8.48. The van der Waals surface area contributed by atoms with E-state index in [1.807, 2.05) is 0 Å². The molecule has 2 heterocycles. The molecule has 0 N–H and O–H groups in total. The minimum absolute atomic E-state index is 0.157. The molecule has 2 rings (SSSR count). The van der Waals surface area contributed by atoms with Crippen LogP contribution in [0.2, 0.25) is 5.02 Å². The van der Waals surface area contributed by atoms with Crippen molar-refractivity contribution in [3.8, 4) is 17.0 Å². The molecule has 0 aromatic carbocycles. The van der Waals surface area contributed by atoms with Gasteiger partial charge in [-0.15, -0.1) is 0 Å². The zero-order chi connectivity index (χ0) is 12.3. The van der Waals surface area contributed by atoms with Crippen molar-refractivity contribution in [3.63, 3.8) is 0 Å². The highest BCUT2D eigenvalue weighted by molar-refractivity contribution is 6.30. The van der Waals surface area contributed by atoms with Gasteiger partial charge in [-0.3, -0.25) is 4.98 Å². The van der Waals surface area contributed by atoms with Gasteiger partial charge in [-0.2, -0.15) is 8.78 Å². The molecule has 6 heteroatoms. The third-order valence-corrected chi connectivity index (χ3v) is 2.22. The van der Waals surface area contributed by atoms with Crippen LogP contribution < -0.4 is 4.74 Å². The number of hydrogen-bond donors (Lipinski definition) is 0. The topological polar surface area (TPSA) is 35.0 Å². The predicted molar refractivity (Wildman–Crippen MR) is 59.1 cm³/mol. The Labute approximate surface area is 101 Å². The summed E-state index contributed by atoms with van der Waals surface area (Å²) in [5.74, 6) is -0.157. The fraction of sp³-hybridized carbons (Fsp3) is 0.0909. The van der Waals surface area contributed by atoms with Crippen molar-refractivity contribution in [2.24, 2.45) is 0 Å². The Morgan fingerprint density at radius 2 is 1.94 bits per heavy atom. The molecule has 0 saturated carbocycles. The second-order valence-corrected chi connectivity index (χ2v) is 3.56. The minimum Gasteiger partial charge on any atom is -0.416 e. The molecule has 3 nitrogen and oxygen atoms in total. The predicted octanol–water partition coefficient (Wildman–Crippen LogP) is 3.40. The first-order valence-electron chi connectivity index (χ1n) is 4.67. The smallest absolute Gasteiger partial charge is 0.388 e. The van der Waals surface area contributed by atoms with Gasteiger partial charge < -0.3 is 4.74 Å². The van der Waals surface area contributed by atoms with E-state index in [1.54, 1.807) is 24.5 Å². The van der Waals surface area contributed by atoms with E-state index in [-0.39, 0.29) is 5.88 Å². The number of halogens is 3. The Bertz CT molecular complexity index is 508. The van der Waals surface area contributed by atoms with Gasteiger partial charge in [-0.1, -0.05) is 11.6 Å². The van der Waals surface area contributed by atoms with Crippen LogP contribution in [0.1, 0.15) is 0 Å². The molecule has 0 unspecified atom stereocenters. The Morgan fingerprint density at radius 3 is 2.59 bits per heavy atom. The monoisotopic (exact) mass is 256 g/mol. The Hall–Kier alpha value is -1.75. The van der Waals surface area contributed by atoms with E-state index in [9.17, 15) is 8.78 Å². The average Bonchev–Trinajstić information content (AvgIpc) is 2.32. The van der Waals surface area contributed by atoms with Gasteiger partial charge in [0.1, 0.15) is 0 Å². The van der Waals surface area contributed by atoms with E-state index >= 15 is 0 Å². The molecule has 0 fully saturated rings. The summed E-state index contributed by atoms with van der Waals surface area (Å²) >= 11 is 5.78. The molecule has 2 aromatic rings. The summed E-state index contributed by atoms with van der Waals surface area (Å²) in [4.78, 5) is 7.58. The first-order chi connectivity index (χ1) is 8.16. The van der Waals surface area contributed by atoms with Gasteiger partial charge in [-0.05, 0) is 23.8 Å². The molecule has 0 amide bonds. The van der Waals surface area contributed by atoms with Crippen LogP contribution >= 0.6 is 11.6 Å². The van der Waals surface area contributed by atoms with Gasteiger partial charge in [0.25, 0.3) is 0 Å². The van der Waals surface area contributed by atoms with Crippen molar-refractivity contribution >= 4 is 11.6 Å². The summed E-state index contributed by atoms with van der Waals surface area (Å²) in [6, 6.07) is 4.83. The number of alkyl halides is 2. The van der Waals surface area contributed by atoms with Crippen LogP contribution in [0.3, 0.4) is 0 Å². The fourth-order valence-electron chi connectivity index (χ4n) is 1.34.